The molecule has 3 heterocycles. The number of imidazole rings is 1. The fraction of sp³-hybridized carbons (Fsp3) is 0.300. The van der Waals surface area contributed by atoms with E-state index in [4.69, 9.17) is 20.8 Å². The van der Waals surface area contributed by atoms with Crippen LogP contribution >= 0.6 is 11.6 Å². The van der Waals surface area contributed by atoms with Gasteiger partial charge in [0.05, 0.1) is 12.9 Å². The van der Waals surface area contributed by atoms with E-state index in [1.165, 1.54) is 10.9 Å². The summed E-state index contributed by atoms with van der Waals surface area (Å²) in [6, 6.07) is 5.10. The predicted molar refractivity (Wildman–Crippen MR) is 111 cm³/mol. The van der Waals surface area contributed by atoms with Crippen LogP contribution in [0, 0.1) is 6.92 Å². The highest BCUT2D eigenvalue weighted by Gasteiger charge is 2.19. The molecule has 0 saturated carbocycles. The Hall–Kier alpha value is -3.33. The zero-order chi connectivity index (χ0) is 21.6. The van der Waals surface area contributed by atoms with Gasteiger partial charge in [0.15, 0.2) is 11.2 Å². The first-order valence-corrected chi connectivity index (χ1v) is 9.64. The van der Waals surface area contributed by atoms with E-state index in [0.29, 0.717) is 27.3 Å². The first-order valence-electron chi connectivity index (χ1n) is 9.26. The zero-order valence-electron chi connectivity index (χ0n) is 16.6. The van der Waals surface area contributed by atoms with Gasteiger partial charge in [-0.2, -0.15) is 0 Å². The van der Waals surface area contributed by atoms with E-state index in [9.17, 15) is 14.4 Å². The topological polar surface area (TPSA) is 101 Å². The van der Waals surface area contributed by atoms with Crippen LogP contribution in [0.2, 0.25) is 5.02 Å². The van der Waals surface area contributed by atoms with Crippen molar-refractivity contribution in [1.82, 2.24) is 18.7 Å². The maximum Gasteiger partial charge on any atom is 0.374 e. The number of halogens is 1. The Kier molecular flexibility index (Phi) is 4.98. The quantitative estimate of drug-likeness (QED) is 0.356. The fourth-order valence-electron chi connectivity index (χ4n) is 3.43. The molecule has 1 aromatic carbocycles. The average Bonchev–Trinajstić information content (AvgIpc) is 3.26. The van der Waals surface area contributed by atoms with Gasteiger partial charge in [-0.15, -0.1) is 0 Å². The van der Waals surface area contributed by atoms with Crippen LogP contribution in [0.3, 0.4) is 0 Å². The SMILES string of the molecule is Cc1c(C(=O)OCCCn2c(=O)c3c(ncn3C)n(C)c2=O)oc2ccc(Cl)cc12. The molecule has 30 heavy (non-hydrogen) atoms. The van der Waals surface area contributed by atoms with Gasteiger partial charge in [-0.1, -0.05) is 11.6 Å². The third kappa shape index (κ3) is 3.21. The molecule has 4 rings (SSSR count). The highest BCUT2D eigenvalue weighted by molar-refractivity contribution is 6.31. The third-order valence-electron chi connectivity index (χ3n) is 5.04. The number of carbonyl (C=O) groups is 1. The summed E-state index contributed by atoms with van der Waals surface area (Å²) < 4.78 is 14.9. The summed E-state index contributed by atoms with van der Waals surface area (Å²) in [5.41, 5.74) is 0.959. The van der Waals surface area contributed by atoms with Gasteiger partial charge < -0.3 is 13.7 Å². The summed E-state index contributed by atoms with van der Waals surface area (Å²) in [5, 5.41) is 1.29. The van der Waals surface area contributed by atoms with Gasteiger partial charge in [-0.05, 0) is 31.5 Å². The van der Waals surface area contributed by atoms with Crippen molar-refractivity contribution < 1.29 is 13.9 Å². The molecule has 10 heteroatoms. The highest BCUT2D eigenvalue weighted by Crippen LogP contribution is 2.28. The molecule has 156 valence electrons. The lowest BCUT2D eigenvalue weighted by molar-refractivity contribution is 0.0460. The Bertz CT molecular complexity index is 1410. The van der Waals surface area contributed by atoms with Crippen molar-refractivity contribution in [2.45, 2.75) is 19.9 Å². The van der Waals surface area contributed by atoms with E-state index in [0.717, 1.165) is 9.95 Å². The van der Waals surface area contributed by atoms with E-state index in [1.807, 2.05) is 0 Å². The molecule has 0 atom stereocenters. The van der Waals surface area contributed by atoms with Crippen molar-refractivity contribution in [2.24, 2.45) is 14.1 Å². The van der Waals surface area contributed by atoms with Crippen LogP contribution in [0.4, 0.5) is 0 Å². The van der Waals surface area contributed by atoms with E-state index in [-0.39, 0.29) is 25.3 Å². The summed E-state index contributed by atoms with van der Waals surface area (Å²) in [7, 11) is 3.25. The monoisotopic (exact) mass is 430 g/mol. The highest BCUT2D eigenvalue weighted by atomic mass is 35.5. The fourth-order valence-corrected chi connectivity index (χ4v) is 3.61. The molecule has 3 aromatic heterocycles. The summed E-state index contributed by atoms with van der Waals surface area (Å²) in [4.78, 5) is 41.6. The van der Waals surface area contributed by atoms with Crippen molar-refractivity contribution in [2.75, 3.05) is 6.61 Å². The van der Waals surface area contributed by atoms with Gasteiger partial charge in [0.25, 0.3) is 5.56 Å². The Labute approximate surface area is 175 Å². The number of benzene rings is 1. The number of nitrogens with zero attached hydrogens (tertiary/aromatic N) is 4. The van der Waals surface area contributed by atoms with Crippen LogP contribution in [0.15, 0.2) is 38.5 Å². The molecular weight excluding hydrogens is 412 g/mol. The van der Waals surface area contributed by atoms with Crippen LogP contribution in [-0.2, 0) is 25.4 Å². The van der Waals surface area contributed by atoms with Gasteiger partial charge in [-0.3, -0.25) is 13.9 Å². The minimum absolute atomic E-state index is 0.0229. The summed E-state index contributed by atoms with van der Waals surface area (Å²) >= 11 is 6.00. The molecule has 0 spiro atoms. The molecule has 9 nitrogen and oxygen atoms in total. The molecule has 0 aliphatic heterocycles. The minimum atomic E-state index is -0.609. The molecule has 0 radical (unpaired) electrons. The van der Waals surface area contributed by atoms with Gasteiger partial charge in [-0.25, -0.2) is 14.6 Å². The Morgan fingerprint density at radius 1 is 1.27 bits per heavy atom. The number of rotatable bonds is 5. The molecule has 0 amide bonds. The predicted octanol–water partition coefficient (Wildman–Crippen LogP) is 2.39. The minimum Gasteiger partial charge on any atom is -0.460 e. The van der Waals surface area contributed by atoms with Gasteiger partial charge in [0, 0.05) is 36.6 Å². The number of ether oxygens (including phenoxy) is 1. The smallest absolute Gasteiger partial charge is 0.374 e. The molecular formula is C20H19ClN4O5. The normalized spacial score (nSPS) is 11.5. The molecule has 0 fully saturated rings. The largest absolute Gasteiger partial charge is 0.460 e. The summed E-state index contributed by atoms with van der Waals surface area (Å²) in [6.07, 6.45) is 1.77. The number of hydrogen-bond donors (Lipinski definition) is 0. The van der Waals surface area contributed by atoms with Crippen molar-refractivity contribution in [1.29, 1.82) is 0 Å². The molecule has 0 N–H and O–H groups in total. The maximum atomic E-state index is 12.7. The van der Waals surface area contributed by atoms with Gasteiger partial charge >= 0.3 is 11.7 Å². The number of fused-ring (bicyclic) bond motifs is 2. The number of esters is 1. The second-order valence-corrected chi connectivity index (χ2v) is 7.45. The van der Waals surface area contributed by atoms with Crippen molar-refractivity contribution in [3.05, 3.63) is 61.7 Å². The standard InChI is InChI=1S/C20H19ClN4O5/c1-11-13-9-12(21)5-6-14(13)30-16(11)19(27)29-8-4-7-25-18(26)15-17(22-10-23(15)2)24(3)20(25)28/h5-6,9-10H,4,7-8H2,1-3H3. The lowest BCUT2D eigenvalue weighted by Gasteiger charge is -2.09. The molecule has 0 saturated heterocycles. The van der Waals surface area contributed by atoms with Gasteiger partial charge in [0.1, 0.15) is 5.58 Å². The molecule has 0 aliphatic rings. The van der Waals surface area contributed by atoms with Gasteiger partial charge in [0.2, 0.25) is 5.76 Å². The van der Waals surface area contributed by atoms with E-state index in [1.54, 1.807) is 43.8 Å². The zero-order valence-corrected chi connectivity index (χ0v) is 17.4. The average molecular weight is 431 g/mol. The lowest BCUT2D eigenvalue weighted by atomic mass is 10.1. The third-order valence-corrected chi connectivity index (χ3v) is 5.28. The van der Waals surface area contributed by atoms with Crippen LogP contribution in [0.1, 0.15) is 22.5 Å². The second kappa shape index (κ2) is 7.49. The van der Waals surface area contributed by atoms with Crippen molar-refractivity contribution in [3.8, 4) is 0 Å². The van der Waals surface area contributed by atoms with E-state index < -0.39 is 17.2 Å². The number of furan rings is 1. The number of carbonyl (C=O) groups excluding carboxylic acids is 1. The van der Waals surface area contributed by atoms with Crippen molar-refractivity contribution in [3.63, 3.8) is 0 Å². The van der Waals surface area contributed by atoms with Crippen LogP contribution in [0.5, 0.6) is 0 Å². The molecule has 4 aromatic rings. The Morgan fingerprint density at radius 2 is 2.03 bits per heavy atom. The first-order chi connectivity index (χ1) is 14.3. The Morgan fingerprint density at radius 3 is 2.80 bits per heavy atom. The molecule has 0 bridgehead atoms. The summed E-state index contributed by atoms with van der Waals surface area (Å²) in [6.45, 7) is 1.88. The van der Waals surface area contributed by atoms with E-state index in [2.05, 4.69) is 4.98 Å². The number of hydrogen-bond acceptors (Lipinski definition) is 6. The maximum absolute atomic E-state index is 12.7. The molecule has 0 unspecified atom stereocenters. The Balaban J connectivity index is 1.48. The van der Waals surface area contributed by atoms with Crippen LogP contribution < -0.4 is 11.2 Å². The lowest BCUT2D eigenvalue weighted by Crippen LogP contribution is -2.39. The van der Waals surface area contributed by atoms with Crippen LogP contribution in [0.25, 0.3) is 22.1 Å². The summed E-state index contributed by atoms with van der Waals surface area (Å²) in [5.74, 6) is -0.501. The van der Waals surface area contributed by atoms with E-state index >= 15 is 0 Å². The van der Waals surface area contributed by atoms with Crippen LogP contribution in [-0.4, -0.2) is 31.3 Å². The second-order valence-electron chi connectivity index (χ2n) is 7.01. The molecule has 0 aliphatic carbocycles. The number of aromatic nitrogens is 4. The first kappa shape index (κ1) is 20.0. The number of aryl methyl sites for hydroxylation is 3. The van der Waals surface area contributed by atoms with Crippen molar-refractivity contribution >= 4 is 39.7 Å².